The lowest BCUT2D eigenvalue weighted by Crippen LogP contribution is -1.87. The molecule has 2 aromatic carbocycles. The Balaban J connectivity index is 1.96. The lowest BCUT2D eigenvalue weighted by Gasteiger charge is -2.02. The Morgan fingerprint density at radius 1 is 0.941 bits per heavy atom. The number of hydrogen-bond donors (Lipinski definition) is 1. The summed E-state index contributed by atoms with van der Waals surface area (Å²) < 4.78 is 0. The molecule has 0 unspecified atom stereocenters. The van der Waals surface area contributed by atoms with Gasteiger partial charge in [0.15, 0.2) is 0 Å². The van der Waals surface area contributed by atoms with Crippen LogP contribution >= 0.6 is 0 Å². The van der Waals surface area contributed by atoms with Crippen molar-refractivity contribution in [1.82, 2.24) is 4.98 Å². The summed E-state index contributed by atoms with van der Waals surface area (Å²) in [7, 11) is 0. The van der Waals surface area contributed by atoms with Gasteiger partial charge in [0, 0.05) is 17.1 Å². The smallest absolute Gasteiger partial charge is 0.0459 e. The SMILES string of the molecule is Cc1c[nH]c2cc(Cc3ccccc3)ccc12. The largest absolute Gasteiger partial charge is 0.361 e. The van der Waals surface area contributed by atoms with Crippen LogP contribution < -0.4 is 0 Å². The third kappa shape index (κ3) is 1.96. The molecule has 3 aromatic rings. The fourth-order valence-corrected chi connectivity index (χ4v) is 2.26. The van der Waals surface area contributed by atoms with Gasteiger partial charge in [0.25, 0.3) is 0 Å². The molecular formula is C16H15N. The highest BCUT2D eigenvalue weighted by molar-refractivity contribution is 5.83. The molecule has 0 saturated carbocycles. The van der Waals surface area contributed by atoms with Crippen molar-refractivity contribution < 1.29 is 0 Å². The number of nitrogens with one attached hydrogen (secondary N) is 1. The van der Waals surface area contributed by atoms with Crippen molar-refractivity contribution in [2.75, 3.05) is 0 Å². The Morgan fingerprint density at radius 2 is 1.76 bits per heavy atom. The topological polar surface area (TPSA) is 15.8 Å². The van der Waals surface area contributed by atoms with Crippen LogP contribution in [-0.4, -0.2) is 4.98 Å². The zero-order valence-corrected chi connectivity index (χ0v) is 9.90. The minimum absolute atomic E-state index is 0.995. The molecule has 0 aliphatic heterocycles. The molecule has 1 heteroatoms. The Morgan fingerprint density at radius 3 is 2.59 bits per heavy atom. The molecule has 17 heavy (non-hydrogen) atoms. The molecule has 0 amide bonds. The Hall–Kier alpha value is -2.02. The van der Waals surface area contributed by atoms with Gasteiger partial charge in [-0.1, -0.05) is 42.5 Å². The van der Waals surface area contributed by atoms with Crippen molar-refractivity contribution in [3.05, 3.63) is 71.4 Å². The third-order valence-electron chi connectivity index (χ3n) is 3.20. The minimum Gasteiger partial charge on any atom is -0.361 e. The first kappa shape index (κ1) is 10.2. The van der Waals surface area contributed by atoms with E-state index in [0.717, 1.165) is 6.42 Å². The summed E-state index contributed by atoms with van der Waals surface area (Å²) in [5.74, 6) is 0. The Kier molecular flexibility index (Phi) is 2.45. The average Bonchev–Trinajstić information content (AvgIpc) is 2.72. The van der Waals surface area contributed by atoms with Gasteiger partial charge in [-0.2, -0.15) is 0 Å². The van der Waals surface area contributed by atoms with E-state index < -0.39 is 0 Å². The number of H-pyrrole nitrogens is 1. The molecule has 0 saturated heterocycles. The van der Waals surface area contributed by atoms with E-state index in [9.17, 15) is 0 Å². The van der Waals surface area contributed by atoms with E-state index in [2.05, 4.69) is 66.6 Å². The van der Waals surface area contributed by atoms with Crippen LogP contribution in [0.2, 0.25) is 0 Å². The molecule has 3 rings (SSSR count). The highest BCUT2D eigenvalue weighted by Gasteiger charge is 2.01. The van der Waals surface area contributed by atoms with Gasteiger partial charge < -0.3 is 4.98 Å². The molecule has 1 aromatic heterocycles. The van der Waals surface area contributed by atoms with Gasteiger partial charge in [0.1, 0.15) is 0 Å². The molecule has 1 N–H and O–H groups in total. The maximum absolute atomic E-state index is 3.31. The van der Waals surface area contributed by atoms with Gasteiger partial charge in [0.2, 0.25) is 0 Å². The Bertz CT molecular complexity index is 635. The first-order chi connectivity index (χ1) is 8.33. The molecule has 1 heterocycles. The number of aryl methyl sites for hydroxylation is 1. The third-order valence-corrected chi connectivity index (χ3v) is 3.20. The minimum atomic E-state index is 0.995. The second kappa shape index (κ2) is 4.10. The molecule has 1 nitrogen and oxygen atoms in total. The second-order valence-electron chi connectivity index (χ2n) is 4.51. The van der Waals surface area contributed by atoms with E-state index in [1.807, 2.05) is 0 Å². The van der Waals surface area contributed by atoms with Gasteiger partial charge in [-0.05, 0) is 36.1 Å². The van der Waals surface area contributed by atoms with Crippen LogP contribution in [-0.2, 0) is 6.42 Å². The summed E-state index contributed by atoms with van der Waals surface area (Å²) in [4.78, 5) is 3.31. The summed E-state index contributed by atoms with van der Waals surface area (Å²) in [6.07, 6.45) is 3.06. The predicted molar refractivity (Wildman–Crippen MR) is 72.3 cm³/mol. The number of rotatable bonds is 2. The number of aromatic amines is 1. The summed E-state index contributed by atoms with van der Waals surface area (Å²) in [6.45, 7) is 2.13. The number of fused-ring (bicyclic) bond motifs is 1. The average molecular weight is 221 g/mol. The first-order valence-corrected chi connectivity index (χ1v) is 5.93. The summed E-state index contributed by atoms with van der Waals surface area (Å²) in [5.41, 5.74) is 5.25. The number of benzene rings is 2. The van der Waals surface area contributed by atoms with E-state index in [-0.39, 0.29) is 0 Å². The summed E-state index contributed by atoms with van der Waals surface area (Å²) >= 11 is 0. The van der Waals surface area contributed by atoms with Crippen molar-refractivity contribution >= 4 is 10.9 Å². The standard InChI is InChI=1S/C16H15N/c1-12-11-17-16-10-14(7-8-15(12)16)9-13-5-3-2-4-6-13/h2-8,10-11,17H,9H2,1H3. The molecule has 0 spiro atoms. The molecular weight excluding hydrogens is 206 g/mol. The molecule has 0 radical (unpaired) electrons. The molecule has 0 aliphatic carbocycles. The lowest BCUT2D eigenvalue weighted by atomic mass is 10.0. The van der Waals surface area contributed by atoms with Gasteiger partial charge >= 0.3 is 0 Å². The monoisotopic (exact) mass is 221 g/mol. The summed E-state index contributed by atoms with van der Waals surface area (Å²) in [5, 5.41) is 1.32. The van der Waals surface area contributed by atoms with Crippen molar-refractivity contribution in [2.45, 2.75) is 13.3 Å². The van der Waals surface area contributed by atoms with Crippen molar-refractivity contribution in [2.24, 2.45) is 0 Å². The van der Waals surface area contributed by atoms with Gasteiger partial charge in [-0.25, -0.2) is 0 Å². The zero-order valence-electron chi connectivity index (χ0n) is 9.90. The van der Waals surface area contributed by atoms with E-state index in [0.29, 0.717) is 0 Å². The van der Waals surface area contributed by atoms with Gasteiger partial charge in [-0.15, -0.1) is 0 Å². The van der Waals surface area contributed by atoms with Crippen LogP contribution in [0.1, 0.15) is 16.7 Å². The molecule has 0 aliphatic rings. The van der Waals surface area contributed by atoms with Crippen LogP contribution in [0.5, 0.6) is 0 Å². The van der Waals surface area contributed by atoms with E-state index >= 15 is 0 Å². The predicted octanol–water partition coefficient (Wildman–Crippen LogP) is 4.07. The normalized spacial score (nSPS) is 10.9. The number of hydrogen-bond acceptors (Lipinski definition) is 0. The summed E-state index contributed by atoms with van der Waals surface area (Å²) in [6, 6.07) is 17.2. The van der Waals surface area contributed by atoms with Gasteiger partial charge in [-0.3, -0.25) is 0 Å². The zero-order chi connectivity index (χ0) is 11.7. The fourth-order valence-electron chi connectivity index (χ4n) is 2.26. The second-order valence-corrected chi connectivity index (χ2v) is 4.51. The lowest BCUT2D eigenvalue weighted by molar-refractivity contribution is 1.20. The highest BCUT2D eigenvalue weighted by Crippen LogP contribution is 2.20. The van der Waals surface area contributed by atoms with Crippen LogP contribution in [0.4, 0.5) is 0 Å². The van der Waals surface area contributed by atoms with Crippen LogP contribution in [0.25, 0.3) is 10.9 Å². The maximum Gasteiger partial charge on any atom is 0.0459 e. The molecule has 0 fully saturated rings. The quantitative estimate of drug-likeness (QED) is 0.671. The molecule has 0 atom stereocenters. The van der Waals surface area contributed by atoms with Crippen molar-refractivity contribution in [3.8, 4) is 0 Å². The fraction of sp³-hybridized carbons (Fsp3) is 0.125. The first-order valence-electron chi connectivity index (χ1n) is 5.93. The molecule has 0 bridgehead atoms. The molecule has 84 valence electrons. The number of aromatic nitrogens is 1. The van der Waals surface area contributed by atoms with E-state index in [4.69, 9.17) is 0 Å². The van der Waals surface area contributed by atoms with E-state index in [1.54, 1.807) is 0 Å². The van der Waals surface area contributed by atoms with E-state index in [1.165, 1.54) is 27.6 Å². The van der Waals surface area contributed by atoms with Gasteiger partial charge in [0.05, 0.1) is 0 Å². The van der Waals surface area contributed by atoms with Crippen LogP contribution in [0.15, 0.2) is 54.7 Å². The van der Waals surface area contributed by atoms with Crippen molar-refractivity contribution in [1.29, 1.82) is 0 Å². The van der Waals surface area contributed by atoms with Crippen molar-refractivity contribution in [3.63, 3.8) is 0 Å². The van der Waals surface area contributed by atoms with Crippen LogP contribution in [0, 0.1) is 6.92 Å². The Labute approximate surface area is 101 Å². The highest BCUT2D eigenvalue weighted by atomic mass is 14.7. The van der Waals surface area contributed by atoms with Crippen LogP contribution in [0.3, 0.4) is 0 Å². The maximum atomic E-state index is 3.31.